The Kier molecular flexibility index (Phi) is 4.68. The summed E-state index contributed by atoms with van der Waals surface area (Å²) in [5.74, 6) is -0.159. The second-order valence-electron chi connectivity index (χ2n) is 6.32. The zero-order chi connectivity index (χ0) is 19.0. The molecule has 0 fully saturated rings. The molecule has 0 aliphatic carbocycles. The average molecular weight is 397 g/mol. The summed E-state index contributed by atoms with van der Waals surface area (Å²) in [6.45, 7) is 3.96. The van der Waals surface area contributed by atoms with Crippen molar-refractivity contribution in [2.24, 2.45) is 0 Å². The molecule has 4 aromatic rings. The largest absolute Gasteiger partial charge is 0.345 e. The van der Waals surface area contributed by atoms with Crippen molar-refractivity contribution < 1.29 is 4.79 Å². The van der Waals surface area contributed by atoms with Gasteiger partial charge in [0, 0.05) is 10.1 Å². The maximum atomic E-state index is 12.8. The third-order valence-corrected chi connectivity index (χ3v) is 6.14. The summed E-state index contributed by atoms with van der Waals surface area (Å²) < 4.78 is 2.71. The Balaban J connectivity index is 1.54. The minimum Gasteiger partial charge on any atom is -0.345 e. The van der Waals surface area contributed by atoms with Gasteiger partial charge in [-0.3, -0.25) is 4.79 Å². The van der Waals surface area contributed by atoms with Crippen LogP contribution in [-0.2, 0) is 0 Å². The predicted molar refractivity (Wildman–Crippen MR) is 109 cm³/mol. The van der Waals surface area contributed by atoms with E-state index < -0.39 is 0 Å². The number of carbonyl (C=O) groups excluding carboxylic acids is 1. The molecular formula is C20H17ClN4OS. The molecule has 1 amide bonds. The number of aryl methyl sites for hydroxylation is 1. The van der Waals surface area contributed by atoms with Gasteiger partial charge in [-0.15, -0.1) is 11.3 Å². The molecule has 0 aliphatic rings. The van der Waals surface area contributed by atoms with Gasteiger partial charge in [0.15, 0.2) is 0 Å². The molecule has 5 nitrogen and oxygen atoms in total. The monoisotopic (exact) mass is 396 g/mol. The fraction of sp³-hybridized carbons (Fsp3) is 0.150. The molecule has 0 bridgehead atoms. The van der Waals surface area contributed by atoms with Gasteiger partial charge < -0.3 is 5.32 Å². The van der Waals surface area contributed by atoms with Crippen LogP contribution in [0, 0.1) is 6.92 Å². The number of benzene rings is 2. The Morgan fingerprint density at radius 2 is 2.00 bits per heavy atom. The third-order valence-electron chi connectivity index (χ3n) is 4.50. The number of halogens is 1. The topological polar surface area (TPSA) is 59.8 Å². The SMILES string of the molecule is Cc1cccc2sc(C(=O)N[C@@H](C)c3ccc(-n4cncn4)cc3)c(Cl)c12. The second-order valence-corrected chi connectivity index (χ2v) is 7.75. The highest BCUT2D eigenvalue weighted by molar-refractivity contribution is 7.21. The van der Waals surface area contributed by atoms with Crippen LogP contribution in [0.15, 0.2) is 55.1 Å². The summed E-state index contributed by atoms with van der Waals surface area (Å²) in [7, 11) is 0. The van der Waals surface area contributed by atoms with Gasteiger partial charge in [0.25, 0.3) is 5.91 Å². The summed E-state index contributed by atoms with van der Waals surface area (Å²) in [5.41, 5.74) is 2.99. The standard InChI is InChI=1S/C20H17ClN4OS/c1-12-4-3-5-16-17(12)18(21)19(27-16)20(26)24-13(2)14-6-8-15(9-7-14)25-11-22-10-23-25/h3-11,13H,1-2H3,(H,24,26)/t13-/m0/s1. The number of amides is 1. The lowest BCUT2D eigenvalue weighted by molar-refractivity contribution is 0.0944. The first-order chi connectivity index (χ1) is 13.0. The molecule has 7 heteroatoms. The first kappa shape index (κ1) is 17.7. The zero-order valence-electron chi connectivity index (χ0n) is 14.8. The molecule has 1 atom stereocenters. The van der Waals surface area contributed by atoms with Gasteiger partial charge in [0.2, 0.25) is 0 Å². The maximum absolute atomic E-state index is 12.8. The summed E-state index contributed by atoms with van der Waals surface area (Å²) >= 11 is 7.92. The molecule has 136 valence electrons. The minimum absolute atomic E-state index is 0.148. The van der Waals surface area contributed by atoms with Crippen LogP contribution in [0.2, 0.25) is 5.02 Å². The normalized spacial score (nSPS) is 12.3. The molecular weight excluding hydrogens is 380 g/mol. The third kappa shape index (κ3) is 3.34. The Morgan fingerprint density at radius 1 is 1.22 bits per heavy atom. The number of hydrogen-bond donors (Lipinski definition) is 1. The van der Waals surface area contributed by atoms with E-state index in [4.69, 9.17) is 11.6 Å². The maximum Gasteiger partial charge on any atom is 0.263 e. The van der Waals surface area contributed by atoms with Crippen LogP contribution in [-0.4, -0.2) is 20.7 Å². The fourth-order valence-corrected chi connectivity index (χ4v) is 4.61. The quantitative estimate of drug-likeness (QED) is 0.531. The average Bonchev–Trinajstić information content (AvgIpc) is 3.31. The van der Waals surface area contributed by atoms with Crippen molar-refractivity contribution in [2.45, 2.75) is 19.9 Å². The number of nitrogens with one attached hydrogen (secondary N) is 1. The van der Waals surface area contributed by atoms with Crippen molar-refractivity contribution in [1.82, 2.24) is 20.1 Å². The van der Waals surface area contributed by atoms with Gasteiger partial charge in [-0.2, -0.15) is 5.10 Å². The molecule has 1 N–H and O–H groups in total. The van der Waals surface area contributed by atoms with Gasteiger partial charge in [-0.05, 0) is 43.2 Å². The van der Waals surface area contributed by atoms with Crippen molar-refractivity contribution in [3.63, 3.8) is 0 Å². The lowest BCUT2D eigenvalue weighted by Crippen LogP contribution is -2.26. The van der Waals surface area contributed by atoms with E-state index in [0.717, 1.165) is 26.9 Å². The highest BCUT2D eigenvalue weighted by Gasteiger charge is 2.20. The molecule has 0 unspecified atom stereocenters. The zero-order valence-corrected chi connectivity index (χ0v) is 16.4. The summed E-state index contributed by atoms with van der Waals surface area (Å²) in [6, 6.07) is 13.7. The Hall–Kier alpha value is -2.70. The Labute approximate surface area is 165 Å². The molecule has 2 aromatic heterocycles. The first-order valence-corrected chi connectivity index (χ1v) is 9.67. The van der Waals surface area contributed by atoms with Crippen LogP contribution >= 0.6 is 22.9 Å². The molecule has 0 saturated carbocycles. The Bertz CT molecular complexity index is 1100. The van der Waals surface area contributed by atoms with Crippen molar-refractivity contribution >= 4 is 38.9 Å². The van der Waals surface area contributed by atoms with Gasteiger partial charge in [-0.1, -0.05) is 35.9 Å². The van der Waals surface area contributed by atoms with Gasteiger partial charge in [0.05, 0.1) is 16.8 Å². The van der Waals surface area contributed by atoms with Gasteiger partial charge in [-0.25, -0.2) is 9.67 Å². The van der Waals surface area contributed by atoms with Crippen molar-refractivity contribution in [3.8, 4) is 5.69 Å². The van der Waals surface area contributed by atoms with Crippen molar-refractivity contribution in [1.29, 1.82) is 0 Å². The van der Waals surface area contributed by atoms with E-state index in [9.17, 15) is 4.79 Å². The van der Waals surface area contributed by atoms with E-state index in [2.05, 4.69) is 15.4 Å². The molecule has 27 heavy (non-hydrogen) atoms. The lowest BCUT2D eigenvalue weighted by atomic mass is 10.1. The Morgan fingerprint density at radius 3 is 2.67 bits per heavy atom. The lowest BCUT2D eigenvalue weighted by Gasteiger charge is -2.14. The molecule has 0 radical (unpaired) electrons. The number of rotatable bonds is 4. The minimum atomic E-state index is -0.159. The molecule has 4 rings (SSSR count). The van der Waals surface area contributed by atoms with E-state index in [1.54, 1.807) is 11.0 Å². The number of hydrogen-bond acceptors (Lipinski definition) is 4. The van der Waals surface area contributed by atoms with E-state index in [-0.39, 0.29) is 11.9 Å². The van der Waals surface area contributed by atoms with E-state index >= 15 is 0 Å². The predicted octanol–water partition coefficient (Wildman–Crippen LogP) is 4.93. The van der Waals surface area contributed by atoms with E-state index in [1.165, 1.54) is 17.7 Å². The molecule has 0 spiro atoms. The van der Waals surface area contributed by atoms with Gasteiger partial charge in [0.1, 0.15) is 17.5 Å². The van der Waals surface area contributed by atoms with Gasteiger partial charge >= 0.3 is 0 Å². The highest BCUT2D eigenvalue weighted by atomic mass is 35.5. The fourth-order valence-electron chi connectivity index (χ4n) is 3.02. The van der Waals surface area contributed by atoms with Crippen molar-refractivity contribution in [3.05, 3.63) is 76.1 Å². The number of fused-ring (bicyclic) bond motifs is 1. The number of carbonyl (C=O) groups is 1. The summed E-state index contributed by atoms with van der Waals surface area (Å²) in [6.07, 6.45) is 3.14. The van der Waals surface area contributed by atoms with Crippen LogP contribution in [0.5, 0.6) is 0 Å². The first-order valence-electron chi connectivity index (χ1n) is 8.48. The number of aromatic nitrogens is 3. The number of nitrogens with zero attached hydrogens (tertiary/aromatic N) is 3. The highest BCUT2D eigenvalue weighted by Crippen LogP contribution is 2.37. The van der Waals surface area contributed by atoms with E-state index in [1.807, 2.05) is 56.3 Å². The molecule has 0 saturated heterocycles. The van der Waals surface area contributed by atoms with E-state index in [0.29, 0.717) is 9.90 Å². The van der Waals surface area contributed by atoms with Crippen LogP contribution in [0.1, 0.15) is 33.8 Å². The molecule has 0 aliphatic heterocycles. The molecule has 2 heterocycles. The van der Waals surface area contributed by atoms with Crippen LogP contribution < -0.4 is 5.32 Å². The van der Waals surface area contributed by atoms with Crippen LogP contribution in [0.4, 0.5) is 0 Å². The summed E-state index contributed by atoms with van der Waals surface area (Å²) in [5, 5.41) is 8.63. The van der Waals surface area contributed by atoms with Crippen LogP contribution in [0.25, 0.3) is 15.8 Å². The molecule has 2 aromatic carbocycles. The van der Waals surface area contributed by atoms with Crippen LogP contribution in [0.3, 0.4) is 0 Å². The summed E-state index contributed by atoms with van der Waals surface area (Å²) in [4.78, 5) is 17.3. The number of thiophene rings is 1. The second kappa shape index (κ2) is 7.13. The smallest absolute Gasteiger partial charge is 0.263 e. The van der Waals surface area contributed by atoms with Crippen molar-refractivity contribution in [2.75, 3.05) is 0 Å².